The average molecular weight is 292 g/mol. The van der Waals surface area contributed by atoms with Gasteiger partial charge in [-0.05, 0) is 38.5 Å². The number of nitrogens with one attached hydrogen (secondary N) is 1. The zero-order valence-electron chi connectivity index (χ0n) is 12.2. The fraction of sp³-hybridized carbons (Fsp3) is 0.250. The largest absolute Gasteiger partial charge is 0.488 e. The van der Waals surface area contributed by atoms with Crippen LogP contribution in [0.3, 0.4) is 0 Å². The molecular formula is C16H18F2N2O. The van der Waals surface area contributed by atoms with Gasteiger partial charge < -0.3 is 15.8 Å². The van der Waals surface area contributed by atoms with Crippen LogP contribution in [-0.4, -0.2) is 6.10 Å². The number of nitrogens with two attached hydrogens (primary N) is 1. The molecule has 0 aliphatic rings. The summed E-state index contributed by atoms with van der Waals surface area (Å²) in [6, 6.07) is 7.07. The Kier molecular flexibility index (Phi) is 4.31. The highest BCUT2D eigenvalue weighted by Crippen LogP contribution is 2.32. The van der Waals surface area contributed by atoms with Crippen LogP contribution in [-0.2, 0) is 0 Å². The molecule has 2 aromatic rings. The van der Waals surface area contributed by atoms with E-state index in [1.807, 2.05) is 6.92 Å². The summed E-state index contributed by atoms with van der Waals surface area (Å²) in [6.07, 6.45) is -0.160. The highest BCUT2D eigenvalue weighted by Gasteiger charge is 2.12. The Morgan fingerprint density at radius 1 is 1.10 bits per heavy atom. The summed E-state index contributed by atoms with van der Waals surface area (Å²) in [7, 11) is 0. The maximum Gasteiger partial charge on any atom is 0.167 e. The number of halogens is 2. The van der Waals surface area contributed by atoms with Crippen LogP contribution in [0.2, 0.25) is 0 Å². The number of hydrogen-bond acceptors (Lipinski definition) is 3. The van der Waals surface area contributed by atoms with Crippen molar-refractivity contribution in [3.8, 4) is 5.75 Å². The fourth-order valence-electron chi connectivity index (χ4n) is 1.90. The molecule has 2 aromatic carbocycles. The molecule has 0 amide bonds. The zero-order valence-corrected chi connectivity index (χ0v) is 12.2. The van der Waals surface area contributed by atoms with Crippen LogP contribution in [0.15, 0.2) is 30.3 Å². The molecule has 0 bridgehead atoms. The van der Waals surface area contributed by atoms with Crippen molar-refractivity contribution in [2.24, 2.45) is 0 Å². The van der Waals surface area contributed by atoms with E-state index in [1.165, 1.54) is 24.3 Å². The summed E-state index contributed by atoms with van der Waals surface area (Å²) in [4.78, 5) is 0. The van der Waals surface area contributed by atoms with Crippen molar-refractivity contribution in [1.82, 2.24) is 0 Å². The van der Waals surface area contributed by atoms with Crippen molar-refractivity contribution >= 4 is 17.1 Å². The van der Waals surface area contributed by atoms with Gasteiger partial charge in [0, 0.05) is 17.8 Å². The van der Waals surface area contributed by atoms with Crippen molar-refractivity contribution in [3.63, 3.8) is 0 Å². The Labute approximate surface area is 122 Å². The van der Waals surface area contributed by atoms with Crippen molar-refractivity contribution in [1.29, 1.82) is 0 Å². The van der Waals surface area contributed by atoms with Crippen molar-refractivity contribution in [2.45, 2.75) is 26.9 Å². The second-order valence-corrected chi connectivity index (χ2v) is 5.12. The highest BCUT2D eigenvalue weighted by molar-refractivity contribution is 5.75. The van der Waals surface area contributed by atoms with Crippen molar-refractivity contribution in [2.75, 3.05) is 11.1 Å². The van der Waals surface area contributed by atoms with Crippen LogP contribution in [0.4, 0.5) is 25.8 Å². The van der Waals surface area contributed by atoms with Crippen LogP contribution >= 0.6 is 0 Å². The number of rotatable bonds is 4. The molecule has 0 spiro atoms. The number of aryl methyl sites for hydroxylation is 1. The van der Waals surface area contributed by atoms with Gasteiger partial charge in [-0.2, -0.15) is 0 Å². The third-order valence-corrected chi connectivity index (χ3v) is 2.94. The van der Waals surface area contributed by atoms with Gasteiger partial charge in [-0.25, -0.2) is 8.78 Å². The first kappa shape index (κ1) is 15.1. The predicted octanol–water partition coefficient (Wildman–Crippen LogP) is 4.39. The lowest BCUT2D eigenvalue weighted by Gasteiger charge is -2.16. The monoisotopic (exact) mass is 292 g/mol. The van der Waals surface area contributed by atoms with Crippen LogP contribution in [0.1, 0.15) is 19.4 Å². The van der Waals surface area contributed by atoms with E-state index in [0.29, 0.717) is 11.4 Å². The average Bonchev–Trinajstić information content (AvgIpc) is 2.39. The van der Waals surface area contributed by atoms with Gasteiger partial charge in [0.1, 0.15) is 5.82 Å². The number of nitrogen functional groups attached to an aromatic ring is 1. The minimum atomic E-state index is -0.525. The number of anilines is 3. The molecule has 5 heteroatoms. The molecule has 0 fully saturated rings. The number of ether oxygens (including phenoxy) is 1. The normalized spacial score (nSPS) is 10.8. The van der Waals surface area contributed by atoms with Crippen molar-refractivity contribution in [3.05, 3.63) is 47.5 Å². The summed E-state index contributed by atoms with van der Waals surface area (Å²) in [6.45, 7) is 5.45. The Bertz CT molecular complexity index is 657. The summed E-state index contributed by atoms with van der Waals surface area (Å²) >= 11 is 0. The summed E-state index contributed by atoms with van der Waals surface area (Å²) in [5.74, 6) is -0.777. The first-order valence-electron chi connectivity index (χ1n) is 6.65. The smallest absolute Gasteiger partial charge is 0.167 e. The fourth-order valence-corrected chi connectivity index (χ4v) is 1.90. The zero-order chi connectivity index (χ0) is 15.6. The minimum absolute atomic E-state index is 0.107. The molecule has 21 heavy (non-hydrogen) atoms. The summed E-state index contributed by atoms with van der Waals surface area (Å²) < 4.78 is 32.5. The molecule has 0 saturated carbocycles. The second kappa shape index (κ2) is 5.99. The Hall–Kier alpha value is -2.30. The van der Waals surface area contributed by atoms with E-state index in [1.54, 1.807) is 19.9 Å². The number of benzene rings is 2. The maximum atomic E-state index is 13.8. The van der Waals surface area contributed by atoms with E-state index < -0.39 is 5.82 Å². The Morgan fingerprint density at radius 2 is 1.81 bits per heavy atom. The molecule has 0 saturated heterocycles. The number of hydrogen-bond donors (Lipinski definition) is 2. The first-order valence-corrected chi connectivity index (χ1v) is 6.65. The quantitative estimate of drug-likeness (QED) is 0.822. The SMILES string of the molecule is Cc1ccc(F)cc1Nc1cc(OC(C)C)c(F)cc1N. The molecule has 0 radical (unpaired) electrons. The molecule has 0 aliphatic carbocycles. The minimum Gasteiger partial charge on any atom is -0.488 e. The van der Waals surface area contributed by atoms with Crippen LogP contribution in [0.25, 0.3) is 0 Å². The third-order valence-electron chi connectivity index (χ3n) is 2.94. The highest BCUT2D eigenvalue weighted by atomic mass is 19.1. The van der Waals surface area contributed by atoms with E-state index in [-0.39, 0.29) is 23.4 Å². The standard InChI is InChI=1S/C16H18F2N2O/c1-9(2)21-16-8-15(13(19)7-12(16)18)20-14-6-11(17)5-4-10(14)3/h4-9,20H,19H2,1-3H3. The van der Waals surface area contributed by atoms with E-state index in [2.05, 4.69) is 5.32 Å². The van der Waals surface area contributed by atoms with Crippen molar-refractivity contribution < 1.29 is 13.5 Å². The van der Waals surface area contributed by atoms with E-state index in [9.17, 15) is 8.78 Å². The van der Waals surface area contributed by atoms with Gasteiger partial charge in [-0.3, -0.25) is 0 Å². The second-order valence-electron chi connectivity index (χ2n) is 5.12. The van der Waals surface area contributed by atoms with Gasteiger partial charge >= 0.3 is 0 Å². The predicted molar refractivity (Wildman–Crippen MR) is 81.0 cm³/mol. The van der Waals surface area contributed by atoms with Crippen LogP contribution in [0, 0.1) is 18.6 Å². The molecular weight excluding hydrogens is 274 g/mol. The molecule has 0 unspecified atom stereocenters. The molecule has 0 aliphatic heterocycles. The summed E-state index contributed by atoms with van der Waals surface area (Å²) in [5.41, 5.74) is 7.93. The first-order chi connectivity index (χ1) is 9.86. The van der Waals surface area contributed by atoms with Crippen LogP contribution in [0.5, 0.6) is 5.75 Å². The molecule has 3 N–H and O–H groups in total. The summed E-state index contributed by atoms with van der Waals surface area (Å²) in [5, 5.41) is 3.01. The third kappa shape index (κ3) is 3.62. The molecule has 112 valence electrons. The van der Waals surface area contributed by atoms with Gasteiger partial charge in [0.15, 0.2) is 11.6 Å². The molecule has 3 nitrogen and oxygen atoms in total. The maximum absolute atomic E-state index is 13.8. The van der Waals surface area contributed by atoms with Crippen LogP contribution < -0.4 is 15.8 Å². The van der Waals surface area contributed by atoms with E-state index in [0.717, 1.165) is 5.56 Å². The van der Waals surface area contributed by atoms with Gasteiger partial charge in [0.25, 0.3) is 0 Å². The van der Waals surface area contributed by atoms with E-state index in [4.69, 9.17) is 10.5 Å². The molecule has 0 atom stereocenters. The molecule has 0 aromatic heterocycles. The molecule has 0 heterocycles. The van der Waals surface area contributed by atoms with E-state index >= 15 is 0 Å². The topological polar surface area (TPSA) is 47.3 Å². The Morgan fingerprint density at radius 3 is 2.48 bits per heavy atom. The van der Waals surface area contributed by atoms with Gasteiger partial charge in [0.05, 0.1) is 17.5 Å². The lowest BCUT2D eigenvalue weighted by atomic mass is 10.1. The van der Waals surface area contributed by atoms with Gasteiger partial charge in [0.2, 0.25) is 0 Å². The van der Waals surface area contributed by atoms with Gasteiger partial charge in [-0.15, -0.1) is 0 Å². The lowest BCUT2D eigenvalue weighted by molar-refractivity contribution is 0.231. The van der Waals surface area contributed by atoms with Gasteiger partial charge in [-0.1, -0.05) is 6.07 Å². The lowest BCUT2D eigenvalue weighted by Crippen LogP contribution is -2.08. The molecule has 2 rings (SSSR count). The Balaban J connectivity index is 2.37.